The number of benzene rings is 1. The molecule has 2 unspecified atom stereocenters. The number of hydrogen-bond donors (Lipinski definition) is 1. The third-order valence-electron chi connectivity index (χ3n) is 4.26. The molecule has 24 heavy (non-hydrogen) atoms. The van der Waals surface area contributed by atoms with E-state index in [9.17, 15) is 16.8 Å². The third-order valence-corrected chi connectivity index (χ3v) is 7.31. The fraction of sp³-hybridized carbons (Fsp3) is 0.600. The first kappa shape index (κ1) is 19.2. The summed E-state index contributed by atoms with van der Waals surface area (Å²) in [6, 6.07) is 3.25. The average molecular weight is 377 g/mol. The van der Waals surface area contributed by atoms with Crippen molar-refractivity contribution < 1.29 is 21.6 Å². The molecule has 136 valence electrons. The molecule has 1 aliphatic rings. The largest absolute Gasteiger partial charge is 0.495 e. The van der Waals surface area contributed by atoms with Gasteiger partial charge in [-0.05, 0) is 38.0 Å². The van der Waals surface area contributed by atoms with Crippen molar-refractivity contribution in [3.63, 3.8) is 0 Å². The van der Waals surface area contributed by atoms with Crippen LogP contribution in [0.25, 0.3) is 0 Å². The van der Waals surface area contributed by atoms with Crippen LogP contribution in [-0.4, -0.2) is 53.1 Å². The number of piperidine rings is 1. The Labute approximate surface area is 143 Å². The molecule has 0 aliphatic carbocycles. The standard InChI is InChI=1S/C15H24N2O5S2/c1-11(16)13-6-4-5-9-17(13)24(20,21)15-10-12(23(3,18)19)7-8-14(15)22-2/h7-8,10-11,13H,4-6,9,16H2,1-3H3. The van der Waals surface area contributed by atoms with Crippen LogP contribution in [-0.2, 0) is 19.9 Å². The lowest BCUT2D eigenvalue weighted by Crippen LogP contribution is -2.51. The van der Waals surface area contributed by atoms with Gasteiger partial charge < -0.3 is 10.5 Å². The van der Waals surface area contributed by atoms with Gasteiger partial charge in [-0.3, -0.25) is 0 Å². The van der Waals surface area contributed by atoms with Gasteiger partial charge in [0.05, 0.1) is 12.0 Å². The number of rotatable bonds is 5. The van der Waals surface area contributed by atoms with Gasteiger partial charge >= 0.3 is 0 Å². The monoisotopic (exact) mass is 376 g/mol. The van der Waals surface area contributed by atoms with E-state index in [-0.39, 0.29) is 27.6 Å². The fourth-order valence-corrected chi connectivity index (χ4v) is 5.65. The van der Waals surface area contributed by atoms with E-state index < -0.39 is 19.9 Å². The Kier molecular flexibility index (Phi) is 5.58. The van der Waals surface area contributed by atoms with Gasteiger partial charge in [0.1, 0.15) is 10.6 Å². The van der Waals surface area contributed by atoms with Gasteiger partial charge in [-0.2, -0.15) is 4.31 Å². The molecular weight excluding hydrogens is 352 g/mol. The SMILES string of the molecule is COc1ccc(S(C)(=O)=O)cc1S(=O)(=O)N1CCCCC1C(C)N. The average Bonchev–Trinajstić information content (AvgIpc) is 2.53. The minimum atomic E-state index is -3.92. The van der Waals surface area contributed by atoms with E-state index >= 15 is 0 Å². The Bertz CT molecular complexity index is 803. The molecule has 0 spiro atoms. The molecule has 9 heteroatoms. The predicted octanol–water partition coefficient (Wildman–Crippen LogP) is 0.989. The maximum absolute atomic E-state index is 13.2. The molecule has 7 nitrogen and oxygen atoms in total. The summed E-state index contributed by atoms with van der Waals surface area (Å²) < 4.78 is 56.4. The van der Waals surface area contributed by atoms with E-state index in [1.807, 2.05) is 0 Å². The molecule has 2 N–H and O–H groups in total. The molecule has 1 heterocycles. The van der Waals surface area contributed by atoms with Crippen LogP contribution >= 0.6 is 0 Å². The van der Waals surface area contributed by atoms with Crippen LogP contribution in [0.3, 0.4) is 0 Å². The van der Waals surface area contributed by atoms with Crippen LogP contribution in [0.5, 0.6) is 5.75 Å². The smallest absolute Gasteiger partial charge is 0.247 e. The molecule has 1 aliphatic heterocycles. The zero-order valence-corrected chi connectivity index (χ0v) is 15.7. The van der Waals surface area contributed by atoms with Crippen LogP contribution in [0, 0.1) is 0 Å². The Morgan fingerprint density at radius 1 is 1.25 bits per heavy atom. The highest BCUT2D eigenvalue weighted by Crippen LogP contribution is 2.33. The summed E-state index contributed by atoms with van der Waals surface area (Å²) in [5.41, 5.74) is 5.97. The highest BCUT2D eigenvalue weighted by molar-refractivity contribution is 7.91. The Hall–Kier alpha value is -1.16. The van der Waals surface area contributed by atoms with Gasteiger partial charge in [0.2, 0.25) is 10.0 Å². The van der Waals surface area contributed by atoms with Crippen molar-refractivity contribution in [2.45, 2.75) is 48.1 Å². The van der Waals surface area contributed by atoms with Gasteiger partial charge in [-0.1, -0.05) is 6.42 Å². The molecule has 1 saturated heterocycles. The van der Waals surface area contributed by atoms with Crippen molar-refractivity contribution in [1.82, 2.24) is 4.31 Å². The lowest BCUT2D eigenvalue weighted by Gasteiger charge is -2.37. The fourth-order valence-electron chi connectivity index (χ4n) is 2.97. The summed E-state index contributed by atoms with van der Waals surface area (Å²) in [4.78, 5) is -0.197. The number of nitrogens with zero attached hydrogens (tertiary/aromatic N) is 1. The third kappa shape index (κ3) is 3.74. The van der Waals surface area contributed by atoms with Crippen molar-refractivity contribution in [2.75, 3.05) is 19.9 Å². The molecule has 2 rings (SSSR count). The second kappa shape index (κ2) is 6.99. The van der Waals surface area contributed by atoms with Crippen molar-refractivity contribution in [3.05, 3.63) is 18.2 Å². The van der Waals surface area contributed by atoms with E-state index in [1.165, 1.54) is 23.5 Å². The molecule has 1 aromatic carbocycles. The summed E-state index contributed by atoms with van der Waals surface area (Å²) >= 11 is 0. The van der Waals surface area contributed by atoms with E-state index in [1.54, 1.807) is 6.92 Å². The van der Waals surface area contributed by atoms with Crippen LogP contribution in [0.2, 0.25) is 0 Å². The second-order valence-electron chi connectivity index (χ2n) is 6.12. The second-order valence-corrected chi connectivity index (χ2v) is 10.00. The first-order chi connectivity index (χ1) is 11.1. The normalized spacial score (nSPS) is 21.4. The van der Waals surface area contributed by atoms with E-state index in [2.05, 4.69) is 0 Å². The number of methoxy groups -OCH3 is 1. The van der Waals surface area contributed by atoms with Crippen LogP contribution in [0.15, 0.2) is 28.0 Å². The van der Waals surface area contributed by atoms with Gasteiger partial charge in [0.15, 0.2) is 9.84 Å². The minimum absolute atomic E-state index is 0.0590. The molecule has 1 aromatic rings. The summed E-state index contributed by atoms with van der Waals surface area (Å²) in [7, 11) is -6.10. The Balaban J connectivity index is 2.59. The summed E-state index contributed by atoms with van der Waals surface area (Å²) in [6.07, 6.45) is 3.39. The summed E-state index contributed by atoms with van der Waals surface area (Å²) in [6.45, 7) is 2.14. The first-order valence-electron chi connectivity index (χ1n) is 7.74. The number of sulfone groups is 1. The van der Waals surface area contributed by atoms with Crippen LogP contribution in [0.1, 0.15) is 26.2 Å². The molecule has 0 bridgehead atoms. The zero-order chi connectivity index (χ0) is 18.1. The first-order valence-corrected chi connectivity index (χ1v) is 11.1. The summed E-state index contributed by atoms with van der Waals surface area (Å²) in [5.74, 6) is 0.122. The van der Waals surface area contributed by atoms with Gasteiger partial charge in [0, 0.05) is 24.9 Å². The molecule has 1 fully saturated rings. The Morgan fingerprint density at radius 3 is 2.46 bits per heavy atom. The van der Waals surface area contributed by atoms with Crippen molar-refractivity contribution in [1.29, 1.82) is 0 Å². The zero-order valence-electron chi connectivity index (χ0n) is 14.1. The quantitative estimate of drug-likeness (QED) is 0.821. The van der Waals surface area contributed by atoms with E-state index in [4.69, 9.17) is 10.5 Å². The van der Waals surface area contributed by atoms with Crippen molar-refractivity contribution in [3.8, 4) is 5.75 Å². The van der Waals surface area contributed by atoms with Crippen molar-refractivity contribution in [2.24, 2.45) is 5.73 Å². The molecule has 0 amide bonds. The highest BCUT2D eigenvalue weighted by atomic mass is 32.2. The predicted molar refractivity (Wildman–Crippen MR) is 91.3 cm³/mol. The number of sulfonamides is 1. The number of ether oxygens (including phenoxy) is 1. The number of nitrogens with two attached hydrogens (primary N) is 1. The molecule has 0 radical (unpaired) electrons. The van der Waals surface area contributed by atoms with Crippen LogP contribution < -0.4 is 10.5 Å². The van der Waals surface area contributed by atoms with Crippen molar-refractivity contribution >= 4 is 19.9 Å². The minimum Gasteiger partial charge on any atom is -0.495 e. The van der Waals surface area contributed by atoms with E-state index in [0.29, 0.717) is 13.0 Å². The maximum Gasteiger partial charge on any atom is 0.247 e. The van der Waals surface area contributed by atoms with Gasteiger partial charge in [-0.25, -0.2) is 16.8 Å². The topological polar surface area (TPSA) is 107 Å². The Morgan fingerprint density at radius 2 is 1.92 bits per heavy atom. The molecule has 2 atom stereocenters. The highest BCUT2D eigenvalue weighted by Gasteiger charge is 2.37. The van der Waals surface area contributed by atoms with E-state index in [0.717, 1.165) is 25.2 Å². The summed E-state index contributed by atoms with van der Waals surface area (Å²) in [5, 5.41) is 0. The molecular formula is C15H24N2O5S2. The van der Waals surface area contributed by atoms with Gasteiger partial charge in [-0.15, -0.1) is 0 Å². The maximum atomic E-state index is 13.2. The lowest BCUT2D eigenvalue weighted by atomic mass is 10.00. The van der Waals surface area contributed by atoms with Crippen LogP contribution in [0.4, 0.5) is 0 Å². The molecule has 0 aromatic heterocycles. The van der Waals surface area contributed by atoms with Gasteiger partial charge in [0.25, 0.3) is 0 Å². The number of hydrogen-bond acceptors (Lipinski definition) is 6. The lowest BCUT2D eigenvalue weighted by molar-refractivity contribution is 0.226. The molecule has 0 saturated carbocycles.